The molecule has 0 bridgehead atoms. The van der Waals surface area contributed by atoms with Crippen molar-refractivity contribution in [2.75, 3.05) is 0 Å². The van der Waals surface area contributed by atoms with Crippen molar-refractivity contribution in [2.24, 2.45) is 7.05 Å². The summed E-state index contributed by atoms with van der Waals surface area (Å²) in [5.41, 5.74) is 2.08. The Morgan fingerprint density at radius 2 is 2.13 bits per heavy atom. The van der Waals surface area contributed by atoms with Gasteiger partial charge >= 0.3 is 0 Å². The molecule has 0 aliphatic heterocycles. The van der Waals surface area contributed by atoms with Crippen LogP contribution >= 0.6 is 11.3 Å². The first kappa shape index (κ1) is 10.0. The molecule has 4 nitrogen and oxygen atoms in total. The summed E-state index contributed by atoms with van der Waals surface area (Å²) in [6.07, 6.45) is 2.52. The van der Waals surface area contributed by atoms with Crippen LogP contribution in [0.5, 0.6) is 0 Å². The maximum absolute atomic E-state index is 10.9. The van der Waals surface area contributed by atoms with Crippen LogP contribution in [0.15, 0.2) is 6.20 Å². The minimum atomic E-state index is 0.589. The fourth-order valence-corrected chi connectivity index (χ4v) is 2.34. The van der Waals surface area contributed by atoms with E-state index in [0.717, 1.165) is 21.9 Å². The van der Waals surface area contributed by atoms with E-state index in [9.17, 15) is 4.79 Å². The summed E-state index contributed by atoms with van der Waals surface area (Å²) in [5, 5.41) is 5.25. The van der Waals surface area contributed by atoms with Crippen LogP contribution < -0.4 is 0 Å². The van der Waals surface area contributed by atoms with Crippen molar-refractivity contribution in [2.45, 2.75) is 13.8 Å². The standard InChI is InChI=1S/C10H11N3OS/c1-6-9(11-7(2)15-6)10-8(5-14)4-13(3)12-10/h4-5H,1-3H3. The molecule has 2 aromatic rings. The van der Waals surface area contributed by atoms with E-state index in [1.807, 2.05) is 13.8 Å². The molecule has 78 valence electrons. The second-order valence-corrected chi connectivity index (χ2v) is 4.77. The Morgan fingerprint density at radius 1 is 1.40 bits per heavy atom. The molecule has 0 unspecified atom stereocenters. The largest absolute Gasteiger partial charge is 0.298 e. The van der Waals surface area contributed by atoms with Crippen LogP contribution in [0, 0.1) is 13.8 Å². The van der Waals surface area contributed by atoms with E-state index >= 15 is 0 Å². The first-order valence-electron chi connectivity index (χ1n) is 4.55. The Labute approximate surface area is 91.6 Å². The van der Waals surface area contributed by atoms with E-state index in [1.54, 1.807) is 29.3 Å². The van der Waals surface area contributed by atoms with Crippen LogP contribution in [-0.2, 0) is 7.05 Å². The highest BCUT2D eigenvalue weighted by Crippen LogP contribution is 2.27. The molecular formula is C10H11N3OS. The molecule has 0 radical (unpaired) electrons. The van der Waals surface area contributed by atoms with E-state index in [2.05, 4.69) is 10.1 Å². The number of aldehydes is 1. The predicted octanol–water partition coefficient (Wildman–Crippen LogP) is 1.97. The predicted molar refractivity (Wildman–Crippen MR) is 59.2 cm³/mol. The van der Waals surface area contributed by atoms with Gasteiger partial charge in [-0.05, 0) is 13.8 Å². The van der Waals surface area contributed by atoms with Gasteiger partial charge in [0.05, 0.1) is 10.6 Å². The first-order valence-corrected chi connectivity index (χ1v) is 5.36. The summed E-state index contributed by atoms with van der Waals surface area (Å²) < 4.78 is 1.63. The molecule has 2 aromatic heterocycles. The molecule has 0 atom stereocenters. The van der Waals surface area contributed by atoms with Gasteiger partial charge in [-0.1, -0.05) is 0 Å². The quantitative estimate of drug-likeness (QED) is 0.728. The van der Waals surface area contributed by atoms with Crippen LogP contribution in [-0.4, -0.2) is 21.1 Å². The molecular weight excluding hydrogens is 210 g/mol. The lowest BCUT2D eigenvalue weighted by atomic mass is 10.2. The molecule has 0 aliphatic carbocycles. The molecule has 15 heavy (non-hydrogen) atoms. The fraction of sp³-hybridized carbons (Fsp3) is 0.300. The molecule has 2 heterocycles. The number of rotatable bonds is 2. The average Bonchev–Trinajstić information content (AvgIpc) is 2.69. The van der Waals surface area contributed by atoms with Crippen molar-refractivity contribution in [3.8, 4) is 11.4 Å². The Morgan fingerprint density at radius 3 is 2.67 bits per heavy atom. The van der Waals surface area contributed by atoms with Gasteiger partial charge in [-0.25, -0.2) is 4.98 Å². The average molecular weight is 221 g/mol. The highest BCUT2D eigenvalue weighted by Gasteiger charge is 2.15. The summed E-state index contributed by atoms with van der Waals surface area (Å²) in [6.45, 7) is 3.94. The van der Waals surface area contributed by atoms with Crippen molar-refractivity contribution in [3.63, 3.8) is 0 Å². The summed E-state index contributed by atoms with van der Waals surface area (Å²) in [7, 11) is 1.80. The van der Waals surface area contributed by atoms with Crippen molar-refractivity contribution in [1.29, 1.82) is 0 Å². The van der Waals surface area contributed by atoms with Gasteiger partial charge in [-0.3, -0.25) is 9.48 Å². The zero-order valence-electron chi connectivity index (χ0n) is 8.81. The number of nitrogens with zero attached hydrogens (tertiary/aromatic N) is 3. The normalized spacial score (nSPS) is 10.6. The van der Waals surface area contributed by atoms with Crippen LogP contribution in [0.2, 0.25) is 0 Å². The summed E-state index contributed by atoms with van der Waals surface area (Å²) in [6, 6.07) is 0. The maximum atomic E-state index is 10.9. The third-order valence-corrected chi connectivity index (χ3v) is 3.00. The molecule has 5 heteroatoms. The van der Waals surface area contributed by atoms with E-state index < -0.39 is 0 Å². The topological polar surface area (TPSA) is 47.8 Å². The van der Waals surface area contributed by atoms with Gasteiger partial charge in [0.2, 0.25) is 0 Å². The Hall–Kier alpha value is -1.49. The fourth-order valence-electron chi connectivity index (χ4n) is 1.53. The van der Waals surface area contributed by atoms with Crippen LogP contribution in [0.25, 0.3) is 11.4 Å². The number of hydrogen-bond acceptors (Lipinski definition) is 4. The zero-order valence-corrected chi connectivity index (χ0v) is 9.63. The Bertz CT molecular complexity index is 513. The Kier molecular flexibility index (Phi) is 2.40. The summed E-state index contributed by atoms with van der Waals surface area (Å²) in [5.74, 6) is 0. The van der Waals surface area contributed by atoms with Crippen molar-refractivity contribution < 1.29 is 4.79 Å². The van der Waals surface area contributed by atoms with Crippen LogP contribution in [0.1, 0.15) is 20.2 Å². The van der Waals surface area contributed by atoms with Crippen LogP contribution in [0.4, 0.5) is 0 Å². The second-order valence-electron chi connectivity index (χ2n) is 3.36. The number of carbonyl (C=O) groups excluding carboxylic acids is 1. The van der Waals surface area contributed by atoms with Gasteiger partial charge in [0.25, 0.3) is 0 Å². The third-order valence-electron chi connectivity index (χ3n) is 2.11. The third kappa shape index (κ3) is 1.70. The van der Waals surface area contributed by atoms with Gasteiger partial charge < -0.3 is 0 Å². The van der Waals surface area contributed by atoms with E-state index in [4.69, 9.17) is 0 Å². The number of aryl methyl sites for hydroxylation is 3. The molecule has 0 spiro atoms. The number of aromatic nitrogens is 3. The smallest absolute Gasteiger partial charge is 0.153 e. The monoisotopic (exact) mass is 221 g/mol. The van der Waals surface area contributed by atoms with Gasteiger partial charge in [-0.2, -0.15) is 5.10 Å². The van der Waals surface area contributed by atoms with Crippen molar-refractivity contribution in [3.05, 3.63) is 21.6 Å². The van der Waals surface area contributed by atoms with Gasteiger partial charge in [-0.15, -0.1) is 11.3 Å². The molecule has 0 saturated heterocycles. The molecule has 2 rings (SSSR count). The minimum Gasteiger partial charge on any atom is -0.298 e. The van der Waals surface area contributed by atoms with Gasteiger partial charge in [0.1, 0.15) is 11.4 Å². The van der Waals surface area contributed by atoms with E-state index in [1.165, 1.54) is 0 Å². The maximum Gasteiger partial charge on any atom is 0.153 e. The minimum absolute atomic E-state index is 0.589. The number of carbonyl (C=O) groups is 1. The summed E-state index contributed by atoms with van der Waals surface area (Å²) >= 11 is 1.62. The van der Waals surface area contributed by atoms with Crippen LogP contribution in [0.3, 0.4) is 0 Å². The molecule has 0 amide bonds. The number of thiazole rings is 1. The molecule has 0 aromatic carbocycles. The molecule has 0 fully saturated rings. The first-order chi connectivity index (χ1) is 7.11. The second kappa shape index (κ2) is 3.58. The highest BCUT2D eigenvalue weighted by atomic mass is 32.1. The lowest BCUT2D eigenvalue weighted by molar-refractivity contribution is 0.112. The van der Waals surface area contributed by atoms with Gasteiger partial charge in [0.15, 0.2) is 6.29 Å². The molecule has 0 saturated carbocycles. The van der Waals surface area contributed by atoms with E-state index in [0.29, 0.717) is 11.3 Å². The molecule has 0 aliphatic rings. The Balaban J connectivity index is 2.62. The van der Waals surface area contributed by atoms with Gasteiger partial charge in [0, 0.05) is 18.1 Å². The summed E-state index contributed by atoms with van der Waals surface area (Å²) in [4.78, 5) is 16.3. The highest BCUT2D eigenvalue weighted by molar-refractivity contribution is 7.11. The zero-order chi connectivity index (χ0) is 11.0. The lowest BCUT2D eigenvalue weighted by Crippen LogP contribution is -1.89. The van der Waals surface area contributed by atoms with Crippen molar-refractivity contribution in [1.82, 2.24) is 14.8 Å². The van der Waals surface area contributed by atoms with Crippen molar-refractivity contribution >= 4 is 17.6 Å². The lowest BCUT2D eigenvalue weighted by Gasteiger charge is -1.93. The number of hydrogen-bond donors (Lipinski definition) is 0. The van der Waals surface area contributed by atoms with E-state index in [-0.39, 0.29) is 0 Å². The SMILES string of the molecule is Cc1nc(-c2nn(C)cc2C=O)c(C)s1. The molecule has 0 N–H and O–H groups in total.